The Morgan fingerprint density at radius 3 is 2.54 bits per heavy atom. The summed E-state index contributed by atoms with van der Waals surface area (Å²) in [4.78, 5) is 28.1. The van der Waals surface area contributed by atoms with Crippen molar-refractivity contribution in [1.29, 1.82) is 0 Å². The summed E-state index contributed by atoms with van der Waals surface area (Å²) in [6.07, 6.45) is 3.68. The van der Waals surface area contributed by atoms with E-state index >= 15 is 0 Å². The SMILES string of the molecule is C=CCN(CC=C)C(=O)NC1CC(=O)N(C(C)c2ccccc2)C1. The summed E-state index contributed by atoms with van der Waals surface area (Å²) in [7, 11) is 0. The minimum Gasteiger partial charge on any atom is -0.334 e. The van der Waals surface area contributed by atoms with Gasteiger partial charge in [-0.25, -0.2) is 4.79 Å². The highest BCUT2D eigenvalue weighted by atomic mass is 16.2. The second-order valence-corrected chi connectivity index (χ2v) is 5.97. The maximum Gasteiger partial charge on any atom is 0.318 e. The van der Waals surface area contributed by atoms with Gasteiger partial charge in [0.05, 0.1) is 12.1 Å². The average Bonchev–Trinajstić information content (AvgIpc) is 2.95. The third kappa shape index (κ3) is 4.25. The molecule has 0 saturated carbocycles. The molecule has 1 N–H and O–H groups in total. The zero-order valence-electron chi connectivity index (χ0n) is 14.1. The van der Waals surface area contributed by atoms with Crippen molar-refractivity contribution in [1.82, 2.24) is 15.1 Å². The molecule has 2 atom stereocenters. The molecule has 1 heterocycles. The molecule has 1 aliphatic heterocycles. The van der Waals surface area contributed by atoms with Crippen LogP contribution in [-0.2, 0) is 4.79 Å². The second-order valence-electron chi connectivity index (χ2n) is 5.97. The Kier molecular flexibility index (Phi) is 6.18. The van der Waals surface area contributed by atoms with Crippen LogP contribution in [0.5, 0.6) is 0 Å². The maximum absolute atomic E-state index is 12.3. The first kappa shape index (κ1) is 17.8. The van der Waals surface area contributed by atoms with Gasteiger partial charge >= 0.3 is 6.03 Å². The van der Waals surface area contributed by atoms with Gasteiger partial charge in [-0.3, -0.25) is 4.79 Å². The summed E-state index contributed by atoms with van der Waals surface area (Å²) in [6, 6.07) is 9.55. The quantitative estimate of drug-likeness (QED) is 0.783. The Hall–Kier alpha value is -2.56. The molecule has 3 amide bonds. The van der Waals surface area contributed by atoms with E-state index in [4.69, 9.17) is 0 Å². The van der Waals surface area contributed by atoms with E-state index in [0.29, 0.717) is 26.1 Å². The van der Waals surface area contributed by atoms with E-state index < -0.39 is 0 Å². The van der Waals surface area contributed by atoms with Crippen LogP contribution in [0.4, 0.5) is 4.79 Å². The van der Waals surface area contributed by atoms with E-state index in [1.165, 1.54) is 0 Å². The number of benzene rings is 1. The molecule has 2 rings (SSSR count). The van der Waals surface area contributed by atoms with E-state index in [9.17, 15) is 9.59 Å². The first-order valence-corrected chi connectivity index (χ1v) is 8.18. The number of carbonyl (C=O) groups excluding carboxylic acids is 2. The Balaban J connectivity index is 1.97. The Morgan fingerprint density at radius 1 is 1.33 bits per heavy atom. The predicted octanol–water partition coefficient (Wildman–Crippen LogP) is 2.73. The third-order valence-electron chi connectivity index (χ3n) is 4.22. The van der Waals surface area contributed by atoms with Gasteiger partial charge in [-0.15, -0.1) is 13.2 Å². The minimum atomic E-state index is -0.193. The molecule has 1 saturated heterocycles. The molecule has 1 aromatic carbocycles. The Morgan fingerprint density at radius 2 is 1.96 bits per heavy atom. The lowest BCUT2D eigenvalue weighted by atomic mass is 10.1. The molecule has 1 aliphatic rings. The molecular formula is C19H25N3O2. The molecule has 5 heteroatoms. The lowest BCUT2D eigenvalue weighted by molar-refractivity contribution is -0.129. The normalized spacial score (nSPS) is 18.1. The fourth-order valence-corrected chi connectivity index (χ4v) is 2.93. The number of hydrogen-bond donors (Lipinski definition) is 1. The highest BCUT2D eigenvalue weighted by molar-refractivity contribution is 5.82. The minimum absolute atomic E-state index is 0.00180. The van der Waals surface area contributed by atoms with Crippen molar-refractivity contribution in [3.8, 4) is 0 Å². The first-order valence-electron chi connectivity index (χ1n) is 8.18. The molecule has 0 radical (unpaired) electrons. The van der Waals surface area contributed by atoms with Crippen molar-refractivity contribution in [3.63, 3.8) is 0 Å². The van der Waals surface area contributed by atoms with Gasteiger partial charge in [-0.2, -0.15) is 0 Å². The van der Waals surface area contributed by atoms with Gasteiger partial charge in [-0.05, 0) is 12.5 Å². The number of carbonyl (C=O) groups is 2. The number of hydrogen-bond acceptors (Lipinski definition) is 2. The summed E-state index contributed by atoms with van der Waals surface area (Å²) >= 11 is 0. The van der Waals surface area contributed by atoms with E-state index in [0.717, 1.165) is 5.56 Å². The Bertz CT molecular complexity index is 590. The predicted molar refractivity (Wildman–Crippen MR) is 95.5 cm³/mol. The van der Waals surface area contributed by atoms with E-state index in [1.54, 1.807) is 17.1 Å². The molecule has 1 aromatic rings. The summed E-state index contributed by atoms with van der Waals surface area (Å²) in [5, 5.41) is 2.94. The van der Waals surface area contributed by atoms with Crippen LogP contribution in [-0.4, -0.2) is 47.4 Å². The number of rotatable bonds is 7. The van der Waals surface area contributed by atoms with Crippen LogP contribution in [0.25, 0.3) is 0 Å². The van der Waals surface area contributed by atoms with Crippen LogP contribution < -0.4 is 5.32 Å². The monoisotopic (exact) mass is 327 g/mol. The van der Waals surface area contributed by atoms with Crippen LogP contribution in [0.15, 0.2) is 55.6 Å². The molecule has 1 fully saturated rings. The van der Waals surface area contributed by atoms with Crippen molar-refractivity contribution in [2.75, 3.05) is 19.6 Å². The van der Waals surface area contributed by atoms with Crippen LogP contribution in [0.2, 0.25) is 0 Å². The smallest absolute Gasteiger partial charge is 0.318 e. The van der Waals surface area contributed by atoms with Gasteiger partial charge in [-0.1, -0.05) is 42.5 Å². The van der Waals surface area contributed by atoms with Crippen molar-refractivity contribution in [2.45, 2.75) is 25.4 Å². The molecule has 5 nitrogen and oxygen atoms in total. The largest absolute Gasteiger partial charge is 0.334 e. The average molecular weight is 327 g/mol. The highest BCUT2D eigenvalue weighted by Gasteiger charge is 2.34. The fraction of sp³-hybridized carbons (Fsp3) is 0.368. The number of nitrogens with zero attached hydrogens (tertiary/aromatic N) is 2. The standard InChI is InChI=1S/C19H25N3O2/c1-4-11-21(12-5-2)19(24)20-17-13-18(23)22(14-17)15(3)16-9-7-6-8-10-16/h4-10,15,17H,1-2,11-14H2,3H3,(H,20,24). The second kappa shape index (κ2) is 8.34. The highest BCUT2D eigenvalue weighted by Crippen LogP contribution is 2.25. The number of urea groups is 1. The van der Waals surface area contributed by atoms with Gasteiger partial charge in [0.25, 0.3) is 0 Å². The van der Waals surface area contributed by atoms with Crippen molar-refractivity contribution in [3.05, 3.63) is 61.2 Å². The van der Waals surface area contributed by atoms with E-state index in [-0.39, 0.29) is 24.0 Å². The van der Waals surface area contributed by atoms with Gasteiger partial charge in [0.1, 0.15) is 0 Å². The van der Waals surface area contributed by atoms with Crippen molar-refractivity contribution in [2.24, 2.45) is 0 Å². The molecule has 128 valence electrons. The van der Waals surface area contributed by atoms with Gasteiger partial charge in [0, 0.05) is 26.1 Å². The molecule has 0 aliphatic carbocycles. The van der Waals surface area contributed by atoms with Gasteiger partial charge < -0.3 is 15.1 Å². The molecule has 24 heavy (non-hydrogen) atoms. The van der Waals surface area contributed by atoms with Crippen LogP contribution in [0, 0.1) is 0 Å². The molecule has 0 spiro atoms. The lowest BCUT2D eigenvalue weighted by Crippen LogP contribution is -2.46. The molecule has 2 unspecified atom stereocenters. The van der Waals surface area contributed by atoms with Gasteiger partial charge in [0.15, 0.2) is 0 Å². The fourth-order valence-electron chi connectivity index (χ4n) is 2.93. The summed E-state index contributed by atoms with van der Waals surface area (Å²) in [5.41, 5.74) is 1.10. The zero-order chi connectivity index (χ0) is 17.5. The maximum atomic E-state index is 12.3. The third-order valence-corrected chi connectivity index (χ3v) is 4.22. The van der Waals surface area contributed by atoms with E-state index in [1.807, 2.05) is 42.2 Å². The summed E-state index contributed by atoms with van der Waals surface area (Å²) in [5.74, 6) is 0.0654. The van der Waals surface area contributed by atoms with Crippen LogP contribution >= 0.6 is 0 Å². The number of amides is 3. The van der Waals surface area contributed by atoms with Crippen molar-refractivity contribution >= 4 is 11.9 Å². The first-order chi connectivity index (χ1) is 11.6. The van der Waals surface area contributed by atoms with Gasteiger partial charge in [0.2, 0.25) is 5.91 Å². The lowest BCUT2D eigenvalue weighted by Gasteiger charge is -2.26. The van der Waals surface area contributed by atoms with E-state index in [2.05, 4.69) is 18.5 Å². The zero-order valence-corrected chi connectivity index (χ0v) is 14.1. The van der Waals surface area contributed by atoms with Crippen LogP contribution in [0.1, 0.15) is 24.9 Å². The summed E-state index contributed by atoms with van der Waals surface area (Å²) < 4.78 is 0. The topological polar surface area (TPSA) is 52.7 Å². The molecule has 0 bridgehead atoms. The van der Waals surface area contributed by atoms with Crippen LogP contribution in [0.3, 0.4) is 0 Å². The number of nitrogens with one attached hydrogen (secondary N) is 1. The Labute approximate surface area is 143 Å². The number of likely N-dealkylation sites (tertiary alicyclic amines) is 1. The molecular weight excluding hydrogens is 302 g/mol. The van der Waals surface area contributed by atoms with Crippen molar-refractivity contribution < 1.29 is 9.59 Å². The summed E-state index contributed by atoms with van der Waals surface area (Å²) in [6.45, 7) is 10.8. The molecule has 0 aromatic heterocycles.